The number of carbonyl (C=O) groups is 1. The van der Waals surface area contributed by atoms with Crippen molar-refractivity contribution in [3.8, 4) is 5.75 Å². The van der Waals surface area contributed by atoms with Gasteiger partial charge in [0.2, 0.25) is 5.91 Å². The molecule has 0 heterocycles. The van der Waals surface area contributed by atoms with Gasteiger partial charge in [-0.15, -0.1) is 0 Å². The first-order valence-corrected chi connectivity index (χ1v) is 5.91. The summed E-state index contributed by atoms with van der Waals surface area (Å²) in [5.41, 5.74) is 5.77. The summed E-state index contributed by atoms with van der Waals surface area (Å²) in [5.74, 6) is -0.552. The molecule has 0 aromatic heterocycles. The van der Waals surface area contributed by atoms with Crippen LogP contribution in [0.4, 0.5) is 4.39 Å². The van der Waals surface area contributed by atoms with Crippen LogP contribution in [0, 0.1) is 5.82 Å². The zero-order valence-corrected chi connectivity index (χ0v) is 10.7. The monoisotopic (exact) mass is 279 g/mol. The Morgan fingerprint density at radius 3 is 2.68 bits per heavy atom. The van der Waals surface area contributed by atoms with Crippen LogP contribution in [-0.4, -0.2) is 5.91 Å². The van der Waals surface area contributed by atoms with Gasteiger partial charge in [-0.1, -0.05) is 23.7 Å². The minimum Gasteiger partial charge on any atom is -0.489 e. The second-order valence-corrected chi connectivity index (χ2v) is 4.29. The molecule has 2 rings (SSSR count). The van der Waals surface area contributed by atoms with E-state index in [0.29, 0.717) is 16.3 Å². The summed E-state index contributed by atoms with van der Waals surface area (Å²) in [6.07, 6.45) is 0. The Morgan fingerprint density at radius 2 is 2.00 bits per heavy atom. The van der Waals surface area contributed by atoms with Crippen molar-refractivity contribution in [2.75, 3.05) is 0 Å². The van der Waals surface area contributed by atoms with E-state index in [0.717, 1.165) is 0 Å². The van der Waals surface area contributed by atoms with Crippen LogP contribution in [0.2, 0.25) is 5.02 Å². The standard InChI is InChI=1S/C14H11ClFNO2/c15-12-5-2-6-13(16)11(12)8-19-10-4-1-3-9(7-10)14(17)18/h1-7H,8H2,(H2,17,18). The third kappa shape index (κ3) is 3.23. The van der Waals surface area contributed by atoms with E-state index >= 15 is 0 Å². The number of benzene rings is 2. The third-order valence-electron chi connectivity index (χ3n) is 2.56. The topological polar surface area (TPSA) is 52.3 Å². The zero-order valence-electron chi connectivity index (χ0n) is 9.90. The Morgan fingerprint density at radius 1 is 1.26 bits per heavy atom. The van der Waals surface area contributed by atoms with E-state index in [1.165, 1.54) is 18.2 Å². The van der Waals surface area contributed by atoms with Crippen LogP contribution in [0.15, 0.2) is 42.5 Å². The molecule has 0 unspecified atom stereocenters. The molecule has 0 saturated heterocycles. The van der Waals surface area contributed by atoms with Crippen molar-refractivity contribution >= 4 is 17.5 Å². The van der Waals surface area contributed by atoms with Crippen molar-refractivity contribution < 1.29 is 13.9 Å². The highest BCUT2D eigenvalue weighted by molar-refractivity contribution is 6.31. The SMILES string of the molecule is NC(=O)c1cccc(OCc2c(F)cccc2Cl)c1. The quantitative estimate of drug-likeness (QED) is 0.935. The maximum absolute atomic E-state index is 13.5. The molecule has 0 bridgehead atoms. The average molecular weight is 280 g/mol. The smallest absolute Gasteiger partial charge is 0.248 e. The van der Waals surface area contributed by atoms with Crippen LogP contribution in [-0.2, 0) is 6.61 Å². The fourth-order valence-corrected chi connectivity index (χ4v) is 1.78. The van der Waals surface area contributed by atoms with Crippen LogP contribution in [0.1, 0.15) is 15.9 Å². The van der Waals surface area contributed by atoms with Crippen molar-refractivity contribution in [2.45, 2.75) is 6.61 Å². The Balaban J connectivity index is 2.15. The van der Waals surface area contributed by atoms with Gasteiger partial charge in [-0.2, -0.15) is 0 Å². The zero-order chi connectivity index (χ0) is 13.8. The average Bonchev–Trinajstić information content (AvgIpc) is 2.38. The Labute approximate surface area is 114 Å². The lowest BCUT2D eigenvalue weighted by Gasteiger charge is -2.09. The highest BCUT2D eigenvalue weighted by Crippen LogP contribution is 2.21. The van der Waals surface area contributed by atoms with Crippen LogP contribution >= 0.6 is 11.6 Å². The fraction of sp³-hybridized carbons (Fsp3) is 0.0714. The molecule has 0 saturated carbocycles. The molecule has 1 amide bonds. The minimum absolute atomic E-state index is 0.0201. The molecule has 3 nitrogen and oxygen atoms in total. The molecule has 2 aromatic carbocycles. The van der Waals surface area contributed by atoms with E-state index in [1.54, 1.807) is 24.3 Å². The summed E-state index contributed by atoms with van der Waals surface area (Å²) in [6.45, 7) is -0.0201. The predicted molar refractivity (Wildman–Crippen MR) is 70.7 cm³/mol. The van der Waals surface area contributed by atoms with Gasteiger partial charge in [0.15, 0.2) is 0 Å². The number of primary amides is 1. The summed E-state index contributed by atoms with van der Waals surface area (Å²) < 4.78 is 18.9. The molecule has 5 heteroatoms. The molecule has 0 radical (unpaired) electrons. The lowest BCUT2D eigenvalue weighted by Crippen LogP contribution is -2.10. The first-order chi connectivity index (χ1) is 9.08. The van der Waals surface area contributed by atoms with Crippen molar-refractivity contribution in [1.29, 1.82) is 0 Å². The van der Waals surface area contributed by atoms with Crippen LogP contribution in [0.25, 0.3) is 0 Å². The van der Waals surface area contributed by atoms with Gasteiger partial charge >= 0.3 is 0 Å². The van der Waals surface area contributed by atoms with E-state index in [-0.39, 0.29) is 12.2 Å². The van der Waals surface area contributed by atoms with Crippen molar-refractivity contribution in [1.82, 2.24) is 0 Å². The lowest BCUT2D eigenvalue weighted by molar-refractivity contribution is 0.1000. The number of carbonyl (C=O) groups excluding carboxylic acids is 1. The second kappa shape index (κ2) is 5.71. The predicted octanol–water partition coefficient (Wildman–Crippen LogP) is 3.16. The largest absolute Gasteiger partial charge is 0.489 e. The van der Waals surface area contributed by atoms with Crippen LogP contribution < -0.4 is 10.5 Å². The summed E-state index contributed by atoms with van der Waals surface area (Å²) >= 11 is 5.88. The van der Waals surface area contributed by atoms with E-state index in [2.05, 4.69) is 0 Å². The molecule has 2 aromatic rings. The van der Waals surface area contributed by atoms with Crippen LogP contribution in [0.5, 0.6) is 5.75 Å². The van der Waals surface area contributed by atoms with Crippen LogP contribution in [0.3, 0.4) is 0 Å². The number of halogens is 2. The molecular formula is C14H11ClFNO2. The van der Waals surface area contributed by atoms with Crippen molar-refractivity contribution in [2.24, 2.45) is 5.73 Å². The van der Waals surface area contributed by atoms with E-state index in [9.17, 15) is 9.18 Å². The summed E-state index contributed by atoms with van der Waals surface area (Å²) in [6, 6.07) is 10.8. The number of hydrogen-bond acceptors (Lipinski definition) is 2. The fourth-order valence-electron chi connectivity index (χ4n) is 1.56. The highest BCUT2D eigenvalue weighted by Gasteiger charge is 2.08. The molecule has 0 aliphatic rings. The molecule has 0 spiro atoms. The first-order valence-electron chi connectivity index (χ1n) is 5.53. The Bertz CT molecular complexity index is 596. The Hall–Kier alpha value is -2.07. The molecule has 19 heavy (non-hydrogen) atoms. The molecule has 0 fully saturated rings. The van der Waals surface area contributed by atoms with E-state index in [4.69, 9.17) is 22.1 Å². The van der Waals surface area contributed by atoms with Gasteiger partial charge in [0.05, 0.1) is 5.02 Å². The summed E-state index contributed by atoms with van der Waals surface area (Å²) in [4.78, 5) is 11.0. The van der Waals surface area contributed by atoms with Crippen molar-refractivity contribution in [3.05, 3.63) is 64.4 Å². The van der Waals surface area contributed by atoms with Gasteiger partial charge < -0.3 is 10.5 Å². The van der Waals surface area contributed by atoms with Gasteiger partial charge in [-0.05, 0) is 30.3 Å². The van der Waals surface area contributed by atoms with Gasteiger partial charge in [-0.3, -0.25) is 4.79 Å². The molecule has 0 aliphatic heterocycles. The number of ether oxygens (including phenoxy) is 1. The van der Waals surface area contributed by atoms with Crippen molar-refractivity contribution in [3.63, 3.8) is 0 Å². The maximum Gasteiger partial charge on any atom is 0.248 e. The van der Waals surface area contributed by atoms with Gasteiger partial charge in [0.25, 0.3) is 0 Å². The third-order valence-corrected chi connectivity index (χ3v) is 2.92. The van der Waals surface area contributed by atoms with Gasteiger partial charge in [-0.25, -0.2) is 4.39 Å². The van der Waals surface area contributed by atoms with E-state index in [1.807, 2.05) is 0 Å². The molecule has 98 valence electrons. The number of nitrogens with two attached hydrogens (primary N) is 1. The molecular weight excluding hydrogens is 269 g/mol. The maximum atomic E-state index is 13.5. The Kier molecular flexibility index (Phi) is 4.02. The van der Waals surface area contributed by atoms with Gasteiger partial charge in [0, 0.05) is 11.1 Å². The summed E-state index contributed by atoms with van der Waals surface area (Å²) in [7, 11) is 0. The molecule has 0 atom stereocenters. The number of hydrogen-bond donors (Lipinski definition) is 1. The highest BCUT2D eigenvalue weighted by atomic mass is 35.5. The van der Waals surface area contributed by atoms with E-state index < -0.39 is 11.7 Å². The molecule has 0 aliphatic carbocycles. The first kappa shape index (κ1) is 13.4. The summed E-state index contributed by atoms with van der Waals surface area (Å²) in [5, 5.41) is 0.297. The van der Waals surface area contributed by atoms with Gasteiger partial charge in [0.1, 0.15) is 18.2 Å². The second-order valence-electron chi connectivity index (χ2n) is 3.88. The normalized spacial score (nSPS) is 10.2. The molecule has 2 N–H and O–H groups in total. The number of amides is 1. The minimum atomic E-state index is -0.547. The number of rotatable bonds is 4. The lowest BCUT2D eigenvalue weighted by atomic mass is 10.2.